The average Bonchev–Trinajstić information content (AvgIpc) is 1.87. The molecule has 0 fully saturated rings. The van der Waals surface area contributed by atoms with Crippen molar-refractivity contribution in [2.24, 2.45) is 0 Å². The lowest BCUT2D eigenvalue weighted by atomic mass is 10.2. The predicted octanol–water partition coefficient (Wildman–Crippen LogP) is 3.97. The number of hydrogen-bond acceptors (Lipinski definition) is 0. The molecule has 0 aliphatic carbocycles. The smallest absolute Gasteiger partial charge is 0.122 e. The maximum atomic E-state index is 5.86. The highest BCUT2D eigenvalue weighted by Gasteiger charge is 2.20. The van der Waals surface area contributed by atoms with Crippen LogP contribution in [0, 0.1) is 0 Å². The van der Waals surface area contributed by atoms with E-state index in [-0.39, 0.29) is 0 Å². The molecule has 11 heavy (non-hydrogen) atoms. The van der Waals surface area contributed by atoms with Gasteiger partial charge in [0.15, 0.2) is 0 Å². The standard InChI is InChI=1S/C7H10Cl4/c8-5-2-1-3-7(10,11)4-6-9/h1-2H,3-6H2/b2-1+. The second-order valence-electron chi connectivity index (χ2n) is 2.12. The Morgan fingerprint density at radius 2 is 1.73 bits per heavy atom. The molecule has 0 saturated carbocycles. The molecule has 0 aromatic rings. The molecular formula is C7H10Cl4. The third-order valence-electron chi connectivity index (χ3n) is 1.13. The molecule has 0 radical (unpaired) electrons. The zero-order chi connectivity index (χ0) is 8.74. The second-order valence-corrected chi connectivity index (χ2v) is 4.45. The molecule has 0 heterocycles. The average molecular weight is 236 g/mol. The van der Waals surface area contributed by atoms with E-state index < -0.39 is 4.33 Å². The summed E-state index contributed by atoms with van der Waals surface area (Å²) in [6, 6.07) is 0. The summed E-state index contributed by atoms with van der Waals surface area (Å²) in [6.07, 6.45) is 4.86. The molecule has 0 saturated heterocycles. The molecule has 0 atom stereocenters. The summed E-state index contributed by atoms with van der Waals surface area (Å²) >= 11 is 22.6. The third kappa shape index (κ3) is 7.27. The molecule has 0 aliphatic heterocycles. The van der Waals surface area contributed by atoms with Gasteiger partial charge in [0.1, 0.15) is 4.33 Å². The normalized spacial score (nSPS) is 12.7. The van der Waals surface area contributed by atoms with Crippen molar-refractivity contribution in [3.8, 4) is 0 Å². The molecule has 0 unspecified atom stereocenters. The van der Waals surface area contributed by atoms with E-state index in [0.717, 1.165) is 0 Å². The first-order chi connectivity index (χ1) is 5.12. The summed E-state index contributed by atoms with van der Waals surface area (Å²) < 4.78 is -0.732. The van der Waals surface area contributed by atoms with Gasteiger partial charge in [0.25, 0.3) is 0 Å². The van der Waals surface area contributed by atoms with Crippen LogP contribution in [0.25, 0.3) is 0 Å². The number of rotatable bonds is 5. The Balaban J connectivity index is 3.62. The van der Waals surface area contributed by atoms with Gasteiger partial charge in [-0.15, -0.1) is 46.4 Å². The molecule has 0 bridgehead atoms. The number of hydrogen-bond donors (Lipinski definition) is 0. The third-order valence-corrected chi connectivity index (χ3v) is 2.19. The summed E-state index contributed by atoms with van der Waals surface area (Å²) in [5, 5.41) is 0. The lowest BCUT2D eigenvalue weighted by molar-refractivity contribution is 0.758. The highest BCUT2D eigenvalue weighted by molar-refractivity contribution is 6.48. The van der Waals surface area contributed by atoms with Crippen molar-refractivity contribution in [2.75, 3.05) is 11.8 Å². The monoisotopic (exact) mass is 234 g/mol. The Kier molecular flexibility index (Phi) is 6.94. The molecule has 0 aromatic carbocycles. The van der Waals surface area contributed by atoms with E-state index >= 15 is 0 Å². The second kappa shape index (κ2) is 6.42. The summed E-state index contributed by atoms with van der Waals surface area (Å²) in [6.45, 7) is 0. The van der Waals surface area contributed by atoms with Crippen LogP contribution in [-0.4, -0.2) is 16.1 Å². The van der Waals surface area contributed by atoms with Gasteiger partial charge in [0, 0.05) is 11.8 Å². The van der Waals surface area contributed by atoms with Crippen molar-refractivity contribution >= 4 is 46.4 Å². The fraction of sp³-hybridized carbons (Fsp3) is 0.714. The Hall–Kier alpha value is 0.900. The van der Waals surface area contributed by atoms with Gasteiger partial charge in [-0.1, -0.05) is 12.2 Å². The minimum absolute atomic E-state index is 0.474. The molecule has 0 N–H and O–H groups in total. The summed E-state index contributed by atoms with van der Waals surface area (Å²) in [7, 11) is 0. The highest BCUT2D eigenvalue weighted by Crippen LogP contribution is 2.30. The van der Waals surface area contributed by atoms with E-state index in [2.05, 4.69) is 0 Å². The van der Waals surface area contributed by atoms with Crippen molar-refractivity contribution in [2.45, 2.75) is 17.2 Å². The zero-order valence-corrected chi connectivity index (χ0v) is 9.02. The molecule has 4 heteroatoms. The molecule has 0 amide bonds. The van der Waals surface area contributed by atoms with Gasteiger partial charge in [0.05, 0.1) is 0 Å². The fourth-order valence-corrected chi connectivity index (χ4v) is 1.57. The largest absolute Gasteiger partial charge is 0.127 e. The lowest BCUT2D eigenvalue weighted by Gasteiger charge is -2.14. The van der Waals surface area contributed by atoms with Gasteiger partial charge in [-0.2, -0.15) is 0 Å². The van der Waals surface area contributed by atoms with E-state index in [1.807, 2.05) is 12.2 Å². The van der Waals surface area contributed by atoms with Crippen molar-refractivity contribution < 1.29 is 0 Å². The topological polar surface area (TPSA) is 0 Å². The predicted molar refractivity (Wildman–Crippen MR) is 54.3 cm³/mol. The minimum atomic E-state index is -0.732. The first-order valence-corrected chi connectivity index (χ1v) is 5.09. The van der Waals surface area contributed by atoms with E-state index in [1.54, 1.807) is 0 Å². The van der Waals surface area contributed by atoms with Crippen LogP contribution in [0.2, 0.25) is 0 Å². The van der Waals surface area contributed by atoms with Crippen LogP contribution in [0.4, 0.5) is 0 Å². The first kappa shape index (κ1) is 11.9. The van der Waals surface area contributed by atoms with Crippen LogP contribution in [0.5, 0.6) is 0 Å². The van der Waals surface area contributed by atoms with Crippen LogP contribution in [0.15, 0.2) is 12.2 Å². The van der Waals surface area contributed by atoms with Gasteiger partial charge < -0.3 is 0 Å². The Labute approximate surface area is 87.5 Å². The van der Waals surface area contributed by atoms with Gasteiger partial charge in [-0.3, -0.25) is 0 Å². The number of alkyl halides is 4. The van der Waals surface area contributed by atoms with E-state index in [9.17, 15) is 0 Å². The zero-order valence-electron chi connectivity index (χ0n) is 5.99. The van der Waals surface area contributed by atoms with Crippen molar-refractivity contribution in [3.05, 3.63) is 12.2 Å². The van der Waals surface area contributed by atoms with E-state index in [0.29, 0.717) is 24.6 Å². The van der Waals surface area contributed by atoms with Gasteiger partial charge >= 0.3 is 0 Å². The Morgan fingerprint density at radius 1 is 1.09 bits per heavy atom. The van der Waals surface area contributed by atoms with Crippen molar-refractivity contribution in [1.29, 1.82) is 0 Å². The van der Waals surface area contributed by atoms with Crippen LogP contribution in [-0.2, 0) is 0 Å². The first-order valence-electron chi connectivity index (χ1n) is 3.27. The molecule has 0 aliphatic rings. The number of allylic oxidation sites excluding steroid dienone is 2. The van der Waals surface area contributed by atoms with Crippen LogP contribution in [0.1, 0.15) is 12.8 Å². The minimum Gasteiger partial charge on any atom is -0.127 e. The molecule has 66 valence electrons. The Morgan fingerprint density at radius 3 is 2.18 bits per heavy atom. The SMILES string of the molecule is ClC/C=C/CC(Cl)(Cl)CCCl. The van der Waals surface area contributed by atoms with Crippen LogP contribution >= 0.6 is 46.4 Å². The van der Waals surface area contributed by atoms with Crippen molar-refractivity contribution in [1.82, 2.24) is 0 Å². The molecule has 0 aromatic heterocycles. The van der Waals surface area contributed by atoms with E-state index in [4.69, 9.17) is 46.4 Å². The van der Waals surface area contributed by atoms with Gasteiger partial charge in [-0.05, 0) is 12.8 Å². The molecule has 0 spiro atoms. The number of halogens is 4. The van der Waals surface area contributed by atoms with Crippen LogP contribution < -0.4 is 0 Å². The van der Waals surface area contributed by atoms with Gasteiger partial charge in [0.2, 0.25) is 0 Å². The molecule has 0 nitrogen and oxygen atoms in total. The summed E-state index contributed by atoms with van der Waals surface area (Å²) in [4.78, 5) is 0. The highest BCUT2D eigenvalue weighted by atomic mass is 35.5. The maximum absolute atomic E-state index is 5.86. The van der Waals surface area contributed by atoms with Crippen LogP contribution in [0.3, 0.4) is 0 Å². The Bertz CT molecular complexity index is 120. The summed E-state index contributed by atoms with van der Waals surface area (Å²) in [5.74, 6) is 0.965. The van der Waals surface area contributed by atoms with E-state index in [1.165, 1.54) is 0 Å². The lowest BCUT2D eigenvalue weighted by Crippen LogP contribution is -2.11. The molecule has 0 rings (SSSR count). The summed E-state index contributed by atoms with van der Waals surface area (Å²) in [5.41, 5.74) is 0. The maximum Gasteiger partial charge on any atom is 0.122 e. The fourth-order valence-electron chi connectivity index (χ4n) is 0.559. The van der Waals surface area contributed by atoms with Gasteiger partial charge in [-0.25, -0.2) is 0 Å². The van der Waals surface area contributed by atoms with Crippen molar-refractivity contribution in [3.63, 3.8) is 0 Å². The molecular weight excluding hydrogens is 226 g/mol. The quantitative estimate of drug-likeness (QED) is 0.500.